The second kappa shape index (κ2) is 10.1. The van der Waals surface area contributed by atoms with Crippen LogP contribution < -0.4 is 0 Å². The molecule has 174 valence electrons. The maximum absolute atomic E-state index is 12.9. The summed E-state index contributed by atoms with van der Waals surface area (Å²) in [5.41, 5.74) is -0.397. The van der Waals surface area contributed by atoms with Crippen molar-refractivity contribution in [1.29, 1.82) is 0 Å². The summed E-state index contributed by atoms with van der Waals surface area (Å²) >= 11 is 0. The predicted molar refractivity (Wildman–Crippen MR) is 119 cm³/mol. The Kier molecular flexibility index (Phi) is 7.05. The molecule has 2 N–H and O–H groups in total. The van der Waals surface area contributed by atoms with Gasteiger partial charge in [0.1, 0.15) is 11.5 Å². The van der Waals surface area contributed by atoms with E-state index in [2.05, 4.69) is 4.90 Å². The number of esters is 1. The molecule has 0 unspecified atom stereocenters. The molecule has 8 nitrogen and oxygen atoms in total. The lowest BCUT2D eigenvalue weighted by molar-refractivity contribution is 0.0370. The zero-order valence-corrected chi connectivity index (χ0v) is 18.3. The number of phenolic OH excluding ortho intramolecular Hbond substituents is 2. The van der Waals surface area contributed by atoms with Gasteiger partial charge in [0, 0.05) is 24.2 Å². The Morgan fingerprint density at radius 2 is 1.64 bits per heavy atom. The average Bonchev–Trinajstić information content (AvgIpc) is 2.81. The van der Waals surface area contributed by atoms with Gasteiger partial charge >= 0.3 is 5.97 Å². The van der Waals surface area contributed by atoms with Gasteiger partial charge in [-0.3, -0.25) is 14.5 Å². The van der Waals surface area contributed by atoms with E-state index in [1.165, 1.54) is 24.3 Å². The topological polar surface area (TPSA) is 113 Å². The second-order valence-corrected chi connectivity index (χ2v) is 8.28. The zero-order valence-electron chi connectivity index (χ0n) is 18.3. The smallest absolute Gasteiger partial charge is 0.338 e. The first-order chi connectivity index (χ1) is 16.0. The number of unbranched alkanes of at least 4 members (excludes halogenated alkanes) is 3. The van der Waals surface area contributed by atoms with Crippen LogP contribution in [-0.2, 0) is 9.47 Å². The molecule has 0 aromatic heterocycles. The summed E-state index contributed by atoms with van der Waals surface area (Å²) in [6.07, 6.45) is 3.77. The monoisotopic (exact) mass is 453 g/mol. The number of carbonyl (C=O) groups excluding carboxylic acids is 3. The van der Waals surface area contributed by atoms with E-state index >= 15 is 0 Å². The number of benzene rings is 2. The molecule has 1 heterocycles. The molecular formula is C25H27NO7. The number of hydrogen-bond donors (Lipinski definition) is 2. The van der Waals surface area contributed by atoms with E-state index < -0.39 is 23.3 Å². The minimum atomic E-state index is -0.664. The lowest BCUT2D eigenvalue weighted by atomic mass is 9.82. The minimum absolute atomic E-state index is 0.00307. The van der Waals surface area contributed by atoms with E-state index in [0.29, 0.717) is 0 Å². The second-order valence-electron chi connectivity index (χ2n) is 8.28. The van der Waals surface area contributed by atoms with Gasteiger partial charge in [0.05, 0.1) is 36.5 Å². The van der Waals surface area contributed by atoms with Crippen LogP contribution in [0.1, 0.15) is 67.9 Å². The van der Waals surface area contributed by atoms with Crippen molar-refractivity contribution in [3.8, 4) is 11.5 Å². The summed E-state index contributed by atoms with van der Waals surface area (Å²) < 4.78 is 10.6. The van der Waals surface area contributed by atoms with E-state index in [4.69, 9.17) is 9.47 Å². The molecule has 2 aliphatic rings. The minimum Gasteiger partial charge on any atom is -0.507 e. The molecule has 0 spiro atoms. The van der Waals surface area contributed by atoms with Crippen LogP contribution in [0.5, 0.6) is 11.5 Å². The van der Waals surface area contributed by atoms with Crippen LogP contribution in [-0.4, -0.2) is 72.1 Å². The van der Waals surface area contributed by atoms with Gasteiger partial charge in [0.15, 0.2) is 5.78 Å². The number of carbonyl (C=O) groups is 3. The molecule has 8 heteroatoms. The molecule has 0 atom stereocenters. The highest BCUT2D eigenvalue weighted by Gasteiger charge is 2.35. The van der Waals surface area contributed by atoms with Gasteiger partial charge in [-0.1, -0.05) is 25.0 Å². The van der Waals surface area contributed by atoms with Gasteiger partial charge < -0.3 is 19.7 Å². The van der Waals surface area contributed by atoms with Crippen LogP contribution in [0.15, 0.2) is 30.3 Å². The Labute approximate surface area is 191 Å². The molecule has 0 bridgehead atoms. The maximum Gasteiger partial charge on any atom is 0.338 e. The molecule has 4 rings (SSSR count). The fourth-order valence-corrected chi connectivity index (χ4v) is 4.26. The van der Waals surface area contributed by atoms with E-state index in [9.17, 15) is 24.6 Å². The van der Waals surface area contributed by atoms with Crippen LogP contribution in [0.25, 0.3) is 0 Å². The third-order valence-electron chi connectivity index (χ3n) is 6.04. The number of hydrogen-bond acceptors (Lipinski definition) is 8. The van der Waals surface area contributed by atoms with Crippen LogP contribution in [0.4, 0.5) is 0 Å². The van der Waals surface area contributed by atoms with Crippen molar-refractivity contribution in [2.24, 2.45) is 0 Å². The summed E-state index contributed by atoms with van der Waals surface area (Å²) in [7, 11) is 0. The van der Waals surface area contributed by atoms with Crippen molar-refractivity contribution in [2.75, 3.05) is 39.5 Å². The molecule has 0 amide bonds. The van der Waals surface area contributed by atoms with Gasteiger partial charge in [-0.25, -0.2) is 4.79 Å². The van der Waals surface area contributed by atoms with Crippen molar-refractivity contribution in [1.82, 2.24) is 4.90 Å². The SMILES string of the molecule is O=C(OCCCCCCN1CCOCC1)c1cc(O)c2c(c1)C(=O)c1cccc(O)c1C2=O. The Morgan fingerprint density at radius 1 is 0.909 bits per heavy atom. The number of rotatable bonds is 8. The molecule has 0 radical (unpaired) electrons. The highest BCUT2D eigenvalue weighted by atomic mass is 16.5. The molecule has 2 aromatic carbocycles. The van der Waals surface area contributed by atoms with Crippen molar-refractivity contribution >= 4 is 17.5 Å². The fraction of sp³-hybridized carbons (Fsp3) is 0.400. The summed E-state index contributed by atoms with van der Waals surface area (Å²) in [6, 6.07) is 6.59. The van der Waals surface area contributed by atoms with Crippen molar-refractivity contribution in [3.05, 3.63) is 58.1 Å². The van der Waals surface area contributed by atoms with Gasteiger partial charge in [0.25, 0.3) is 0 Å². The highest BCUT2D eigenvalue weighted by Crippen LogP contribution is 2.37. The fourth-order valence-electron chi connectivity index (χ4n) is 4.26. The van der Waals surface area contributed by atoms with Crippen LogP contribution in [0.3, 0.4) is 0 Å². The van der Waals surface area contributed by atoms with E-state index in [-0.39, 0.29) is 40.2 Å². The number of aromatic hydroxyl groups is 2. The summed E-state index contributed by atoms with van der Waals surface area (Å²) in [6.45, 7) is 4.83. The Balaban J connectivity index is 1.32. The van der Waals surface area contributed by atoms with Crippen molar-refractivity contribution in [2.45, 2.75) is 25.7 Å². The van der Waals surface area contributed by atoms with E-state index in [1.54, 1.807) is 0 Å². The normalized spacial score (nSPS) is 15.8. The molecule has 0 saturated carbocycles. The number of fused-ring (bicyclic) bond motifs is 2. The maximum atomic E-state index is 12.9. The molecule has 33 heavy (non-hydrogen) atoms. The van der Waals surface area contributed by atoms with Gasteiger partial charge in [-0.05, 0) is 37.6 Å². The third kappa shape index (κ3) is 4.91. The summed E-state index contributed by atoms with van der Waals surface area (Å²) in [5.74, 6) is -2.68. The number of ketones is 2. The lowest BCUT2D eigenvalue weighted by Crippen LogP contribution is -2.36. The first kappa shape index (κ1) is 22.9. The Bertz CT molecular complexity index is 1070. The zero-order chi connectivity index (χ0) is 23.4. The van der Waals surface area contributed by atoms with Gasteiger partial charge in [-0.15, -0.1) is 0 Å². The summed E-state index contributed by atoms with van der Waals surface area (Å²) in [5, 5.41) is 20.4. The molecule has 2 aromatic rings. The Morgan fingerprint density at radius 3 is 2.42 bits per heavy atom. The number of nitrogens with zero attached hydrogens (tertiary/aromatic N) is 1. The molecule has 1 aliphatic carbocycles. The van der Waals surface area contributed by atoms with Gasteiger partial charge in [-0.2, -0.15) is 0 Å². The molecule has 1 fully saturated rings. The van der Waals surface area contributed by atoms with Crippen LogP contribution in [0, 0.1) is 0 Å². The molecular weight excluding hydrogens is 426 g/mol. The predicted octanol–water partition coefficient (Wildman–Crippen LogP) is 2.92. The van der Waals surface area contributed by atoms with Crippen LogP contribution in [0.2, 0.25) is 0 Å². The number of morpholine rings is 1. The van der Waals surface area contributed by atoms with Crippen LogP contribution >= 0.6 is 0 Å². The van der Waals surface area contributed by atoms with E-state index in [0.717, 1.165) is 64.6 Å². The summed E-state index contributed by atoms with van der Waals surface area (Å²) in [4.78, 5) is 40.5. The van der Waals surface area contributed by atoms with Gasteiger partial charge in [0.2, 0.25) is 5.78 Å². The molecule has 1 saturated heterocycles. The highest BCUT2D eigenvalue weighted by molar-refractivity contribution is 6.30. The Hall–Kier alpha value is -3.23. The molecule has 1 aliphatic heterocycles. The number of phenols is 2. The number of ether oxygens (including phenoxy) is 2. The van der Waals surface area contributed by atoms with Crippen molar-refractivity contribution < 1.29 is 34.1 Å². The lowest BCUT2D eigenvalue weighted by Gasteiger charge is -2.26. The third-order valence-corrected chi connectivity index (χ3v) is 6.04. The van der Waals surface area contributed by atoms with Crippen molar-refractivity contribution in [3.63, 3.8) is 0 Å². The standard InChI is InChI=1S/C25H27NO7/c27-19-7-5-6-17-21(19)24(30)22-18(23(17)29)14-16(15-20(22)28)25(31)33-11-4-2-1-3-8-26-9-12-32-13-10-26/h5-7,14-15,27-28H,1-4,8-13H2. The largest absolute Gasteiger partial charge is 0.507 e. The first-order valence-electron chi connectivity index (χ1n) is 11.2. The quantitative estimate of drug-likeness (QED) is 0.395. The average molecular weight is 453 g/mol. The first-order valence-corrected chi connectivity index (χ1v) is 11.2. The van der Waals surface area contributed by atoms with E-state index in [1.807, 2.05) is 0 Å².